The quantitative estimate of drug-likeness (QED) is 0.539. The predicted molar refractivity (Wildman–Crippen MR) is 34.0 cm³/mol. The first-order valence-electron chi connectivity index (χ1n) is 2.40. The van der Waals surface area contributed by atoms with Crippen molar-refractivity contribution in [1.82, 2.24) is 15.0 Å². The molecule has 3 nitrogen and oxygen atoms in total. The highest BCUT2D eigenvalue weighted by Gasteiger charge is 1.93. The van der Waals surface area contributed by atoms with Gasteiger partial charge in [-0.05, 0) is 0 Å². The lowest BCUT2D eigenvalue weighted by atomic mass is 10.7. The molecule has 0 bridgehead atoms. The molecule has 0 aliphatic rings. The minimum atomic E-state index is 0.683. The molecule has 0 fully saturated rings. The molecular weight excluding hydrogens is 134 g/mol. The molecular formula is C5H2N3S. The summed E-state index contributed by atoms with van der Waals surface area (Å²) in [4.78, 5) is 12.6. The summed E-state index contributed by atoms with van der Waals surface area (Å²) in [5, 5.41) is 0. The van der Waals surface area contributed by atoms with Gasteiger partial charge in [0.15, 0.2) is 16.0 Å². The van der Waals surface area contributed by atoms with E-state index in [1.54, 1.807) is 12.4 Å². The highest BCUT2D eigenvalue weighted by molar-refractivity contribution is 7.15. The highest BCUT2D eigenvalue weighted by Crippen LogP contribution is 2.08. The molecule has 2 rings (SSSR count). The van der Waals surface area contributed by atoms with Gasteiger partial charge >= 0.3 is 0 Å². The zero-order valence-corrected chi connectivity index (χ0v) is 5.22. The third-order valence-electron chi connectivity index (χ3n) is 0.940. The third kappa shape index (κ3) is 0.675. The van der Waals surface area contributed by atoms with Gasteiger partial charge in [0.1, 0.15) is 0 Å². The van der Waals surface area contributed by atoms with Crippen LogP contribution in [0.4, 0.5) is 0 Å². The van der Waals surface area contributed by atoms with Crippen molar-refractivity contribution in [1.29, 1.82) is 0 Å². The van der Waals surface area contributed by atoms with Crippen LogP contribution < -0.4 is 0 Å². The molecule has 2 aromatic rings. The Kier molecular flexibility index (Phi) is 0.927. The smallest absolute Gasteiger partial charge is 0.190 e. The lowest BCUT2D eigenvalue weighted by Gasteiger charge is -1.79. The summed E-state index contributed by atoms with van der Waals surface area (Å²) in [5.74, 6) is 0. The van der Waals surface area contributed by atoms with E-state index in [1.807, 2.05) is 0 Å². The molecule has 0 atom stereocenters. The SMILES string of the molecule is [c]1nc2nccnc2s1. The van der Waals surface area contributed by atoms with E-state index in [1.165, 1.54) is 11.3 Å². The van der Waals surface area contributed by atoms with Crippen molar-refractivity contribution in [2.45, 2.75) is 0 Å². The molecule has 0 aliphatic carbocycles. The summed E-state index contributed by atoms with van der Waals surface area (Å²) < 4.78 is 0. The first-order chi connectivity index (χ1) is 4.47. The molecule has 1 radical (unpaired) electrons. The third-order valence-corrected chi connectivity index (χ3v) is 1.60. The van der Waals surface area contributed by atoms with E-state index >= 15 is 0 Å². The van der Waals surface area contributed by atoms with Gasteiger partial charge in [0.05, 0.1) is 0 Å². The van der Waals surface area contributed by atoms with Crippen LogP contribution in [0.15, 0.2) is 12.4 Å². The summed E-state index contributed by atoms with van der Waals surface area (Å²) in [6.45, 7) is 0. The molecule has 0 spiro atoms. The van der Waals surface area contributed by atoms with E-state index in [0.29, 0.717) is 5.65 Å². The van der Waals surface area contributed by atoms with Gasteiger partial charge in [0.2, 0.25) is 0 Å². The van der Waals surface area contributed by atoms with Crippen LogP contribution in [0.25, 0.3) is 10.5 Å². The highest BCUT2D eigenvalue weighted by atomic mass is 32.1. The number of rotatable bonds is 0. The molecule has 43 valence electrons. The van der Waals surface area contributed by atoms with Crippen molar-refractivity contribution in [3.63, 3.8) is 0 Å². The molecule has 0 unspecified atom stereocenters. The van der Waals surface area contributed by atoms with Crippen LogP contribution in [-0.2, 0) is 0 Å². The van der Waals surface area contributed by atoms with Crippen LogP contribution in [-0.4, -0.2) is 15.0 Å². The second-order valence-corrected chi connectivity index (χ2v) is 2.26. The van der Waals surface area contributed by atoms with E-state index in [-0.39, 0.29) is 0 Å². The number of hydrogen-bond donors (Lipinski definition) is 0. The fourth-order valence-electron chi connectivity index (χ4n) is 0.576. The number of thiazole rings is 1. The van der Waals surface area contributed by atoms with Crippen molar-refractivity contribution in [3.8, 4) is 0 Å². The van der Waals surface area contributed by atoms with Crippen molar-refractivity contribution in [2.75, 3.05) is 0 Å². The lowest BCUT2D eigenvalue weighted by molar-refractivity contribution is 1.26. The molecule has 0 aromatic carbocycles. The van der Waals surface area contributed by atoms with Crippen LogP contribution in [0.1, 0.15) is 0 Å². The summed E-state index contributed by atoms with van der Waals surface area (Å²) in [6, 6.07) is 0. The standard InChI is InChI=1S/C5H2N3S/c1-2-7-5-4(6-1)8-3-9-5/h1-2H. The fourth-order valence-corrected chi connectivity index (χ4v) is 1.10. The number of nitrogens with zero attached hydrogens (tertiary/aromatic N) is 3. The number of hydrogen-bond acceptors (Lipinski definition) is 4. The zero-order chi connectivity index (χ0) is 6.10. The molecule has 9 heavy (non-hydrogen) atoms. The Morgan fingerprint density at radius 2 is 2.22 bits per heavy atom. The molecule has 0 aliphatic heterocycles. The maximum absolute atomic E-state index is 4.00. The summed E-state index contributed by atoms with van der Waals surface area (Å²) >= 11 is 1.38. The number of aromatic nitrogens is 3. The first kappa shape index (κ1) is 4.81. The molecule has 0 amide bonds. The Hall–Kier alpha value is -1.03. The Balaban J connectivity index is 2.95. The van der Waals surface area contributed by atoms with Crippen molar-refractivity contribution < 1.29 is 0 Å². The van der Waals surface area contributed by atoms with Gasteiger partial charge in [0, 0.05) is 12.4 Å². The minimum absolute atomic E-state index is 0.683. The molecule has 2 heterocycles. The second kappa shape index (κ2) is 1.73. The van der Waals surface area contributed by atoms with Crippen LogP contribution >= 0.6 is 11.3 Å². The van der Waals surface area contributed by atoms with Crippen LogP contribution in [0.5, 0.6) is 0 Å². The number of fused-ring (bicyclic) bond motifs is 1. The average molecular weight is 136 g/mol. The zero-order valence-electron chi connectivity index (χ0n) is 4.40. The Labute approximate surface area is 55.4 Å². The fraction of sp³-hybridized carbons (Fsp3) is 0. The van der Waals surface area contributed by atoms with E-state index in [4.69, 9.17) is 0 Å². The van der Waals surface area contributed by atoms with Crippen molar-refractivity contribution in [3.05, 3.63) is 17.9 Å². The van der Waals surface area contributed by atoms with E-state index in [0.717, 1.165) is 4.83 Å². The molecule has 0 saturated carbocycles. The summed E-state index contributed by atoms with van der Waals surface area (Å²) in [7, 11) is 0. The van der Waals surface area contributed by atoms with Gasteiger partial charge in [-0.25, -0.2) is 15.0 Å². The van der Waals surface area contributed by atoms with Crippen LogP contribution in [0.3, 0.4) is 0 Å². The Bertz CT molecular complexity index is 286. The van der Waals surface area contributed by atoms with Crippen molar-refractivity contribution >= 4 is 21.8 Å². The lowest BCUT2D eigenvalue weighted by Crippen LogP contribution is -1.75. The van der Waals surface area contributed by atoms with Crippen LogP contribution in [0.2, 0.25) is 0 Å². The summed E-state index contributed by atoms with van der Waals surface area (Å²) in [5.41, 5.74) is 3.39. The normalized spacial score (nSPS) is 10.2. The predicted octanol–water partition coefficient (Wildman–Crippen LogP) is 0.886. The van der Waals surface area contributed by atoms with Gasteiger partial charge in [-0.1, -0.05) is 11.3 Å². The van der Waals surface area contributed by atoms with Gasteiger partial charge in [-0.3, -0.25) is 0 Å². The van der Waals surface area contributed by atoms with Gasteiger partial charge < -0.3 is 0 Å². The molecule has 0 N–H and O–H groups in total. The first-order valence-corrected chi connectivity index (χ1v) is 3.22. The van der Waals surface area contributed by atoms with Gasteiger partial charge in [-0.2, -0.15) is 0 Å². The van der Waals surface area contributed by atoms with E-state index in [2.05, 4.69) is 20.5 Å². The van der Waals surface area contributed by atoms with E-state index < -0.39 is 0 Å². The largest absolute Gasteiger partial charge is 0.240 e. The topological polar surface area (TPSA) is 38.7 Å². The van der Waals surface area contributed by atoms with Crippen molar-refractivity contribution in [2.24, 2.45) is 0 Å². The molecule has 4 heteroatoms. The molecule has 0 saturated heterocycles. The van der Waals surface area contributed by atoms with E-state index in [9.17, 15) is 0 Å². The monoisotopic (exact) mass is 136 g/mol. The second-order valence-electron chi connectivity index (χ2n) is 1.49. The maximum atomic E-state index is 4.00. The van der Waals surface area contributed by atoms with Gasteiger partial charge in [-0.15, -0.1) is 0 Å². The Morgan fingerprint density at radius 1 is 1.33 bits per heavy atom. The average Bonchev–Trinajstić information content (AvgIpc) is 2.33. The Morgan fingerprint density at radius 3 is 3.11 bits per heavy atom. The van der Waals surface area contributed by atoms with Crippen LogP contribution in [0, 0.1) is 5.51 Å². The van der Waals surface area contributed by atoms with Gasteiger partial charge in [0.25, 0.3) is 0 Å². The molecule has 2 aromatic heterocycles. The minimum Gasteiger partial charge on any atom is -0.240 e. The maximum Gasteiger partial charge on any atom is 0.190 e. The summed E-state index contributed by atoms with van der Waals surface area (Å²) in [6.07, 6.45) is 3.27.